The van der Waals surface area contributed by atoms with E-state index in [9.17, 15) is 4.79 Å². The summed E-state index contributed by atoms with van der Waals surface area (Å²) in [7, 11) is 1.64. The summed E-state index contributed by atoms with van der Waals surface area (Å²) in [6, 6.07) is 6.19. The Bertz CT molecular complexity index is 617. The third kappa shape index (κ3) is 3.98. The van der Waals surface area contributed by atoms with Crippen LogP contribution in [0.4, 0.5) is 0 Å². The summed E-state index contributed by atoms with van der Waals surface area (Å²) < 4.78 is 11.4. The molecule has 0 spiro atoms. The van der Waals surface area contributed by atoms with Crippen molar-refractivity contribution in [1.29, 1.82) is 0 Å². The first-order valence-corrected chi connectivity index (χ1v) is 9.29. The van der Waals surface area contributed by atoms with E-state index in [1.54, 1.807) is 7.11 Å². The van der Waals surface area contributed by atoms with E-state index in [4.69, 9.17) is 9.47 Å². The highest BCUT2D eigenvalue weighted by Crippen LogP contribution is 2.27. The molecule has 25 heavy (non-hydrogen) atoms. The van der Waals surface area contributed by atoms with E-state index >= 15 is 0 Å². The fourth-order valence-corrected chi connectivity index (χ4v) is 3.90. The van der Waals surface area contributed by atoms with Crippen molar-refractivity contribution in [2.45, 2.75) is 39.3 Å². The number of piperidine rings is 1. The lowest BCUT2D eigenvalue weighted by Crippen LogP contribution is -2.49. The summed E-state index contributed by atoms with van der Waals surface area (Å²) in [5.74, 6) is 1.41. The molecule has 2 heterocycles. The molecule has 0 aromatic heterocycles. The molecule has 2 unspecified atom stereocenters. The molecule has 0 saturated carbocycles. The van der Waals surface area contributed by atoms with Crippen molar-refractivity contribution in [3.05, 3.63) is 29.3 Å². The fraction of sp³-hybridized carbons (Fsp3) is 0.650. The number of likely N-dealkylation sites (tertiary alicyclic amines) is 1. The minimum absolute atomic E-state index is 0.104. The lowest BCUT2D eigenvalue weighted by Gasteiger charge is -2.38. The van der Waals surface area contributed by atoms with Crippen LogP contribution < -0.4 is 4.74 Å². The van der Waals surface area contributed by atoms with Crippen LogP contribution in [0.1, 0.15) is 36.2 Å². The predicted molar refractivity (Wildman–Crippen MR) is 98.2 cm³/mol. The maximum atomic E-state index is 13.0. The Morgan fingerprint density at radius 1 is 1.28 bits per heavy atom. The summed E-state index contributed by atoms with van der Waals surface area (Å²) in [6.07, 6.45) is 1.16. The lowest BCUT2D eigenvalue weighted by atomic mass is 9.92. The average Bonchev–Trinajstić information content (AvgIpc) is 2.82. The molecule has 0 bridgehead atoms. The van der Waals surface area contributed by atoms with Crippen molar-refractivity contribution in [2.75, 3.05) is 39.9 Å². The molecule has 1 amide bonds. The number of nitrogens with zero attached hydrogens (tertiary/aromatic N) is 2. The van der Waals surface area contributed by atoms with Gasteiger partial charge in [0.1, 0.15) is 5.75 Å². The van der Waals surface area contributed by atoms with Gasteiger partial charge in [0.25, 0.3) is 5.91 Å². The van der Waals surface area contributed by atoms with Crippen LogP contribution in [0.3, 0.4) is 0 Å². The summed E-state index contributed by atoms with van der Waals surface area (Å²) in [6.45, 7) is 10.8. The second-order valence-corrected chi connectivity index (χ2v) is 7.48. The molecule has 0 N–H and O–H groups in total. The normalized spacial score (nSPS) is 24.8. The standard InChI is InChI=1S/C20H30N2O3/c1-14(2)21-9-10-25-19-13-22(8-7-16(19)12-21)20(23)18-6-5-17(24-4)11-15(18)3/h5-6,11,14,16,19H,7-10,12-13H2,1-4H3. The maximum absolute atomic E-state index is 13.0. The summed E-state index contributed by atoms with van der Waals surface area (Å²) in [5.41, 5.74) is 1.72. The van der Waals surface area contributed by atoms with Gasteiger partial charge < -0.3 is 14.4 Å². The number of carbonyl (C=O) groups is 1. The number of carbonyl (C=O) groups excluding carboxylic acids is 1. The van der Waals surface area contributed by atoms with Gasteiger partial charge in [-0.15, -0.1) is 0 Å². The van der Waals surface area contributed by atoms with E-state index in [0.717, 1.165) is 49.5 Å². The van der Waals surface area contributed by atoms with Gasteiger partial charge in [0.05, 0.1) is 19.8 Å². The zero-order valence-corrected chi connectivity index (χ0v) is 15.8. The zero-order chi connectivity index (χ0) is 18.0. The summed E-state index contributed by atoms with van der Waals surface area (Å²) in [4.78, 5) is 17.4. The highest BCUT2D eigenvalue weighted by molar-refractivity contribution is 5.95. The summed E-state index contributed by atoms with van der Waals surface area (Å²) >= 11 is 0. The van der Waals surface area contributed by atoms with Gasteiger partial charge in [-0.1, -0.05) is 0 Å². The van der Waals surface area contributed by atoms with Gasteiger partial charge in [-0.05, 0) is 51.0 Å². The third-order valence-corrected chi connectivity index (χ3v) is 5.56. The first-order chi connectivity index (χ1) is 12.0. The molecular formula is C20H30N2O3. The Kier molecular flexibility index (Phi) is 5.64. The van der Waals surface area contributed by atoms with Crippen molar-refractivity contribution in [1.82, 2.24) is 9.80 Å². The van der Waals surface area contributed by atoms with Crippen LogP contribution in [0.25, 0.3) is 0 Å². The molecule has 1 aromatic rings. The van der Waals surface area contributed by atoms with Gasteiger partial charge in [-0.3, -0.25) is 9.69 Å². The van der Waals surface area contributed by atoms with Crippen LogP contribution in [0.5, 0.6) is 5.75 Å². The van der Waals surface area contributed by atoms with Crippen molar-refractivity contribution in [3.8, 4) is 5.75 Å². The molecule has 2 atom stereocenters. The predicted octanol–water partition coefficient (Wildman–Crippen LogP) is 2.57. The number of amides is 1. The molecule has 2 fully saturated rings. The van der Waals surface area contributed by atoms with E-state index in [1.807, 2.05) is 30.0 Å². The highest BCUT2D eigenvalue weighted by Gasteiger charge is 2.35. The van der Waals surface area contributed by atoms with Crippen molar-refractivity contribution in [3.63, 3.8) is 0 Å². The van der Waals surface area contributed by atoms with Crippen LogP contribution in [-0.4, -0.2) is 67.7 Å². The number of rotatable bonds is 3. The highest BCUT2D eigenvalue weighted by atomic mass is 16.5. The molecule has 5 nitrogen and oxygen atoms in total. The first kappa shape index (κ1) is 18.2. The molecule has 2 saturated heterocycles. The van der Waals surface area contributed by atoms with Gasteiger partial charge in [-0.25, -0.2) is 0 Å². The van der Waals surface area contributed by atoms with Gasteiger partial charge in [0.15, 0.2) is 0 Å². The molecule has 0 radical (unpaired) electrons. The topological polar surface area (TPSA) is 42.0 Å². The maximum Gasteiger partial charge on any atom is 0.254 e. The molecule has 1 aromatic carbocycles. The molecule has 138 valence electrons. The largest absolute Gasteiger partial charge is 0.497 e. The van der Waals surface area contributed by atoms with E-state index in [2.05, 4.69) is 18.7 Å². The van der Waals surface area contributed by atoms with E-state index in [-0.39, 0.29) is 12.0 Å². The second-order valence-electron chi connectivity index (χ2n) is 7.48. The number of ether oxygens (including phenoxy) is 2. The minimum Gasteiger partial charge on any atom is -0.497 e. The van der Waals surface area contributed by atoms with Crippen LogP contribution in [0, 0.1) is 12.8 Å². The Balaban J connectivity index is 1.69. The van der Waals surface area contributed by atoms with Gasteiger partial charge in [0.2, 0.25) is 0 Å². The van der Waals surface area contributed by atoms with Gasteiger partial charge in [-0.2, -0.15) is 0 Å². The fourth-order valence-electron chi connectivity index (χ4n) is 3.90. The Morgan fingerprint density at radius 3 is 2.76 bits per heavy atom. The number of methoxy groups -OCH3 is 1. The summed E-state index contributed by atoms with van der Waals surface area (Å²) in [5, 5.41) is 0. The molecule has 5 heteroatoms. The number of hydrogen-bond acceptors (Lipinski definition) is 4. The lowest BCUT2D eigenvalue weighted by molar-refractivity contribution is -0.0171. The quantitative estimate of drug-likeness (QED) is 0.844. The molecule has 3 rings (SSSR count). The molecule has 2 aliphatic heterocycles. The molecule has 0 aliphatic carbocycles. The smallest absolute Gasteiger partial charge is 0.254 e. The number of fused-ring (bicyclic) bond motifs is 1. The SMILES string of the molecule is COc1ccc(C(=O)N2CCC3CN(C(C)C)CCOC3C2)c(C)c1. The first-order valence-electron chi connectivity index (χ1n) is 9.29. The van der Waals surface area contributed by atoms with Crippen LogP contribution in [0.2, 0.25) is 0 Å². The van der Waals surface area contributed by atoms with Crippen LogP contribution >= 0.6 is 0 Å². The van der Waals surface area contributed by atoms with E-state index in [0.29, 0.717) is 18.5 Å². The second kappa shape index (κ2) is 7.75. The van der Waals surface area contributed by atoms with Gasteiger partial charge >= 0.3 is 0 Å². The van der Waals surface area contributed by atoms with Gasteiger partial charge in [0, 0.05) is 43.7 Å². The third-order valence-electron chi connectivity index (χ3n) is 5.56. The number of hydrogen-bond donors (Lipinski definition) is 0. The molecular weight excluding hydrogens is 316 g/mol. The number of aryl methyl sites for hydroxylation is 1. The minimum atomic E-state index is 0.104. The molecule has 2 aliphatic rings. The van der Waals surface area contributed by atoms with Crippen molar-refractivity contribution < 1.29 is 14.3 Å². The Labute approximate surface area is 150 Å². The monoisotopic (exact) mass is 346 g/mol. The van der Waals surface area contributed by atoms with Crippen LogP contribution in [-0.2, 0) is 4.74 Å². The average molecular weight is 346 g/mol. The zero-order valence-electron chi connectivity index (χ0n) is 15.8. The Morgan fingerprint density at radius 2 is 2.08 bits per heavy atom. The van der Waals surface area contributed by atoms with Crippen molar-refractivity contribution in [2.24, 2.45) is 5.92 Å². The number of benzene rings is 1. The van der Waals surface area contributed by atoms with Crippen LogP contribution in [0.15, 0.2) is 18.2 Å². The van der Waals surface area contributed by atoms with Crippen molar-refractivity contribution >= 4 is 5.91 Å². The van der Waals surface area contributed by atoms with E-state index in [1.165, 1.54) is 0 Å². The van der Waals surface area contributed by atoms with E-state index < -0.39 is 0 Å². The Hall–Kier alpha value is -1.59.